The molecule has 0 aromatic rings. The van der Waals surface area contributed by atoms with E-state index in [0.29, 0.717) is 0 Å². The third kappa shape index (κ3) is 1.04. The standard InChI is InChI=1S/C13H18/c1-9-12-6-2-4-10(12)8-11-5-3-7-13(9)11/h8-9,12H,2-7H2,1H3. The van der Waals surface area contributed by atoms with Crippen molar-refractivity contribution in [3.8, 4) is 0 Å². The highest BCUT2D eigenvalue weighted by Crippen LogP contribution is 2.48. The van der Waals surface area contributed by atoms with Crippen LogP contribution in [0.2, 0.25) is 0 Å². The molecule has 0 N–H and O–H groups in total. The summed E-state index contributed by atoms with van der Waals surface area (Å²) in [5.74, 6) is 1.83. The largest absolute Gasteiger partial charge is 0.0663 e. The van der Waals surface area contributed by atoms with Gasteiger partial charge in [0.25, 0.3) is 0 Å². The highest BCUT2D eigenvalue weighted by Gasteiger charge is 2.34. The summed E-state index contributed by atoms with van der Waals surface area (Å²) in [5, 5.41) is 0. The van der Waals surface area contributed by atoms with Crippen molar-refractivity contribution in [1.82, 2.24) is 0 Å². The van der Waals surface area contributed by atoms with Crippen molar-refractivity contribution in [2.75, 3.05) is 0 Å². The van der Waals surface area contributed by atoms with E-state index in [1.54, 1.807) is 11.1 Å². The fourth-order valence-corrected chi connectivity index (χ4v) is 3.59. The fourth-order valence-electron chi connectivity index (χ4n) is 3.59. The molecule has 0 saturated heterocycles. The van der Waals surface area contributed by atoms with Crippen LogP contribution in [0.25, 0.3) is 0 Å². The summed E-state index contributed by atoms with van der Waals surface area (Å²) in [6, 6.07) is 0. The Morgan fingerprint density at radius 2 is 2.08 bits per heavy atom. The molecule has 0 heterocycles. The van der Waals surface area contributed by atoms with Gasteiger partial charge < -0.3 is 0 Å². The van der Waals surface area contributed by atoms with Gasteiger partial charge in [-0.25, -0.2) is 0 Å². The van der Waals surface area contributed by atoms with Crippen LogP contribution in [-0.4, -0.2) is 0 Å². The summed E-state index contributed by atoms with van der Waals surface area (Å²) in [4.78, 5) is 0. The number of rotatable bonds is 0. The van der Waals surface area contributed by atoms with Crippen LogP contribution in [0.4, 0.5) is 0 Å². The van der Waals surface area contributed by atoms with Gasteiger partial charge in [-0.05, 0) is 55.9 Å². The Labute approximate surface area is 80.7 Å². The first-order valence-electron chi connectivity index (χ1n) is 5.78. The maximum absolute atomic E-state index is 2.56. The molecule has 3 aliphatic carbocycles. The molecule has 2 unspecified atom stereocenters. The zero-order valence-electron chi connectivity index (χ0n) is 8.47. The molecule has 0 bridgehead atoms. The Morgan fingerprint density at radius 1 is 1.15 bits per heavy atom. The third-order valence-electron chi connectivity index (χ3n) is 4.27. The van der Waals surface area contributed by atoms with Gasteiger partial charge in [-0.3, -0.25) is 0 Å². The average Bonchev–Trinajstić information content (AvgIpc) is 2.71. The molecule has 3 rings (SSSR count). The first-order chi connectivity index (χ1) is 6.36. The van der Waals surface area contributed by atoms with Gasteiger partial charge in [0.1, 0.15) is 0 Å². The lowest BCUT2D eigenvalue weighted by Crippen LogP contribution is -2.15. The lowest BCUT2D eigenvalue weighted by molar-refractivity contribution is 0.459. The Hall–Kier alpha value is -0.520. The first-order valence-corrected chi connectivity index (χ1v) is 5.78. The molecule has 0 heteroatoms. The second kappa shape index (κ2) is 2.73. The van der Waals surface area contributed by atoms with E-state index < -0.39 is 0 Å². The lowest BCUT2D eigenvalue weighted by Gasteiger charge is -2.27. The van der Waals surface area contributed by atoms with Crippen LogP contribution in [-0.2, 0) is 0 Å². The molecule has 0 nitrogen and oxygen atoms in total. The number of hydrogen-bond acceptors (Lipinski definition) is 0. The highest BCUT2D eigenvalue weighted by atomic mass is 14.4. The van der Waals surface area contributed by atoms with Gasteiger partial charge in [0, 0.05) is 0 Å². The average molecular weight is 174 g/mol. The molecule has 0 aromatic carbocycles. The summed E-state index contributed by atoms with van der Waals surface area (Å²) < 4.78 is 0. The van der Waals surface area contributed by atoms with Crippen molar-refractivity contribution in [3.63, 3.8) is 0 Å². The van der Waals surface area contributed by atoms with E-state index in [4.69, 9.17) is 0 Å². The SMILES string of the molecule is CC1C2=C(C=C3CCCC31)CCC2. The molecule has 0 amide bonds. The van der Waals surface area contributed by atoms with Gasteiger partial charge in [0.15, 0.2) is 0 Å². The van der Waals surface area contributed by atoms with Crippen molar-refractivity contribution in [2.24, 2.45) is 11.8 Å². The predicted molar refractivity (Wildman–Crippen MR) is 55.5 cm³/mol. The third-order valence-corrected chi connectivity index (χ3v) is 4.27. The topological polar surface area (TPSA) is 0 Å². The van der Waals surface area contributed by atoms with E-state index in [0.717, 1.165) is 11.8 Å². The summed E-state index contributed by atoms with van der Waals surface area (Å²) in [7, 11) is 0. The molecular weight excluding hydrogens is 156 g/mol. The van der Waals surface area contributed by atoms with E-state index >= 15 is 0 Å². The minimum atomic E-state index is 0.889. The molecule has 0 spiro atoms. The molecule has 70 valence electrons. The molecule has 0 aromatic heterocycles. The Balaban J connectivity index is 2.02. The zero-order chi connectivity index (χ0) is 8.84. The van der Waals surface area contributed by atoms with Crippen molar-refractivity contribution >= 4 is 0 Å². The van der Waals surface area contributed by atoms with Crippen LogP contribution < -0.4 is 0 Å². The molecule has 3 aliphatic rings. The van der Waals surface area contributed by atoms with Crippen LogP contribution in [0.1, 0.15) is 45.4 Å². The van der Waals surface area contributed by atoms with Crippen molar-refractivity contribution in [1.29, 1.82) is 0 Å². The number of fused-ring (bicyclic) bond motifs is 1. The van der Waals surface area contributed by atoms with Crippen molar-refractivity contribution in [2.45, 2.75) is 45.4 Å². The highest BCUT2D eigenvalue weighted by molar-refractivity contribution is 5.40. The molecule has 1 saturated carbocycles. The first kappa shape index (κ1) is 7.84. The van der Waals surface area contributed by atoms with Crippen LogP contribution in [0.5, 0.6) is 0 Å². The van der Waals surface area contributed by atoms with Gasteiger partial charge in [-0.2, -0.15) is 0 Å². The summed E-state index contributed by atoms with van der Waals surface area (Å²) in [5.41, 5.74) is 5.32. The second-order valence-electron chi connectivity index (χ2n) is 4.91. The zero-order valence-corrected chi connectivity index (χ0v) is 8.47. The minimum absolute atomic E-state index is 0.889. The Morgan fingerprint density at radius 3 is 3.00 bits per heavy atom. The fraction of sp³-hybridized carbons (Fsp3) is 0.692. The summed E-state index contributed by atoms with van der Waals surface area (Å²) >= 11 is 0. The Bertz CT molecular complexity index is 293. The van der Waals surface area contributed by atoms with E-state index in [2.05, 4.69) is 13.0 Å². The van der Waals surface area contributed by atoms with E-state index in [1.807, 2.05) is 5.57 Å². The minimum Gasteiger partial charge on any atom is -0.0663 e. The predicted octanol–water partition coefficient (Wildman–Crippen LogP) is 3.84. The summed E-state index contributed by atoms with van der Waals surface area (Å²) in [6.45, 7) is 2.46. The molecule has 0 aliphatic heterocycles. The van der Waals surface area contributed by atoms with Crippen LogP contribution in [0.15, 0.2) is 22.8 Å². The molecule has 2 atom stereocenters. The number of hydrogen-bond donors (Lipinski definition) is 0. The lowest BCUT2D eigenvalue weighted by atomic mass is 9.78. The van der Waals surface area contributed by atoms with Crippen LogP contribution in [0, 0.1) is 11.8 Å². The van der Waals surface area contributed by atoms with Crippen molar-refractivity contribution < 1.29 is 0 Å². The second-order valence-corrected chi connectivity index (χ2v) is 4.91. The number of allylic oxidation sites excluding steroid dienone is 4. The van der Waals surface area contributed by atoms with Gasteiger partial charge in [0.05, 0.1) is 0 Å². The van der Waals surface area contributed by atoms with E-state index in [9.17, 15) is 0 Å². The van der Waals surface area contributed by atoms with Crippen LogP contribution >= 0.6 is 0 Å². The molecule has 0 radical (unpaired) electrons. The normalized spacial score (nSPS) is 37.5. The maximum atomic E-state index is 2.56. The van der Waals surface area contributed by atoms with Gasteiger partial charge in [-0.1, -0.05) is 24.1 Å². The van der Waals surface area contributed by atoms with E-state index in [-0.39, 0.29) is 0 Å². The Kier molecular flexibility index (Phi) is 1.65. The smallest absolute Gasteiger partial charge is 0.0137 e. The van der Waals surface area contributed by atoms with Crippen LogP contribution in [0.3, 0.4) is 0 Å². The van der Waals surface area contributed by atoms with E-state index in [1.165, 1.54) is 38.5 Å². The molecular formula is C13H18. The van der Waals surface area contributed by atoms with Gasteiger partial charge >= 0.3 is 0 Å². The van der Waals surface area contributed by atoms with Gasteiger partial charge in [-0.15, -0.1) is 0 Å². The monoisotopic (exact) mass is 174 g/mol. The molecule has 13 heavy (non-hydrogen) atoms. The van der Waals surface area contributed by atoms with Crippen molar-refractivity contribution in [3.05, 3.63) is 22.8 Å². The molecule has 1 fully saturated rings. The summed E-state index contributed by atoms with van der Waals surface area (Å²) in [6.07, 6.45) is 11.1. The maximum Gasteiger partial charge on any atom is -0.0137 e. The van der Waals surface area contributed by atoms with Gasteiger partial charge in [0.2, 0.25) is 0 Å². The quantitative estimate of drug-likeness (QED) is 0.523.